The van der Waals surface area contributed by atoms with E-state index in [4.69, 9.17) is 0 Å². The molecule has 0 radical (unpaired) electrons. The van der Waals surface area contributed by atoms with Crippen molar-refractivity contribution < 1.29 is 0 Å². The molecule has 0 aromatic carbocycles. The predicted molar refractivity (Wildman–Crippen MR) is 61.1 cm³/mol. The minimum atomic E-state index is 0.693. The van der Waals surface area contributed by atoms with Crippen molar-refractivity contribution in [3.63, 3.8) is 0 Å². The highest BCUT2D eigenvalue weighted by Gasteiger charge is 2.14. The summed E-state index contributed by atoms with van der Waals surface area (Å²) in [5.41, 5.74) is 0. The van der Waals surface area contributed by atoms with E-state index in [1.807, 2.05) is 0 Å². The molecule has 0 amide bonds. The summed E-state index contributed by atoms with van der Waals surface area (Å²) in [7, 11) is 0. The molecule has 0 aliphatic carbocycles. The maximum Gasteiger partial charge on any atom is 0.0470 e. The normalized spacial score (nSPS) is 28.6. The molecule has 0 aromatic rings. The monoisotopic (exact) mass is 191 g/mol. The van der Waals surface area contributed by atoms with Crippen molar-refractivity contribution in [3.8, 4) is 0 Å². The van der Waals surface area contributed by atoms with Gasteiger partial charge in [-0.2, -0.15) is 0 Å². The molecule has 0 spiro atoms. The summed E-state index contributed by atoms with van der Waals surface area (Å²) in [4.78, 5) is 2.52. The van der Waals surface area contributed by atoms with Gasteiger partial charge in [0.25, 0.3) is 0 Å². The Morgan fingerprint density at radius 1 is 0.857 bits per heavy atom. The second-order valence-corrected chi connectivity index (χ2v) is 4.44. The molecule has 1 atom stereocenters. The van der Waals surface area contributed by atoms with E-state index in [-0.39, 0.29) is 0 Å². The van der Waals surface area contributed by atoms with Crippen LogP contribution in [0.3, 0.4) is 0 Å². The van der Waals surface area contributed by atoms with Crippen LogP contribution < -0.4 is 0 Å². The van der Waals surface area contributed by atoms with Crippen molar-refractivity contribution in [3.05, 3.63) is 24.4 Å². The Hall–Kier alpha value is -0.720. The average molecular weight is 191 g/mol. The van der Waals surface area contributed by atoms with E-state index < -0.39 is 0 Å². The molecule has 14 heavy (non-hydrogen) atoms. The number of fused-ring (bicyclic) bond motifs is 1. The third-order valence-electron chi connectivity index (χ3n) is 3.31. The van der Waals surface area contributed by atoms with Gasteiger partial charge >= 0.3 is 0 Å². The molecule has 1 nitrogen and oxygen atoms in total. The average Bonchev–Trinajstić information content (AvgIpc) is 2.25. The lowest BCUT2D eigenvalue weighted by Gasteiger charge is -2.31. The van der Waals surface area contributed by atoms with Crippen LogP contribution in [0.4, 0.5) is 0 Å². The smallest absolute Gasteiger partial charge is 0.0470 e. The van der Waals surface area contributed by atoms with Gasteiger partial charge in [0, 0.05) is 12.6 Å². The Bertz CT molecular complexity index is 193. The fraction of sp³-hybridized carbons (Fsp3) is 0.692. The van der Waals surface area contributed by atoms with Crippen molar-refractivity contribution in [1.29, 1.82) is 0 Å². The highest BCUT2D eigenvalue weighted by Crippen LogP contribution is 2.19. The maximum atomic E-state index is 2.52. The van der Waals surface area contributed by atoms with Crippen LogP contribution in [-0.4, -0.2) is 17.5 Å². The van der Waals surface area contributed by atoms with Gasteiger partial charge < -0.3 is 4.90 Å². The van der Waals surface area contributed by atoms with Gasteiger partial charge in [0.2, 0.25) is 0 Å². The second-order valence-electron chi connectivity index (χ2n) is 4.44. The van der Waals surface area contributed by atoms with Crippen molar-refractivity contribution in [2.24, 2.45) is 0 Å². The number of nitrogens with zero attached hydrogens (tertiary/aromatic N) is 1. The fourth-order valence-electron chi connectivity index (χ4n) is 2.43. The second kappa shape index (κ2) is 5.23. The van der Waals surface area contributed by atoms with E-state index in [1.54, 1.807) is 0 Å². The molecule has 78 valence electrons. The summed E-state index contributed by atoms with van der Waals surface area (Å²) in [6.45, 7) is 1.26. The number of allylic oxidation sites excluding steroid dienone is 2. The first-order chi connectivity index (χ1) is 6.97. The molecule has 2 aliphatic rings. The van der Waals surface area contributed by atoms with Gasteiger partial charge in [-0.1, -0.05) is 44.3 Å². The molecule has 1 saturated heterocycles. The third-order valence-corrected chi connectivity index (χ3v) is 3.31. The van der Waals surface area contributed by atoms with Crippen LogP contribution in [0.15, 0.2) is 24.4 Å². The molecule has 1 unspecified atom stereocenters. The van der Waals surface area contributed by atoms with Crippen LogP contribution >= 0.6 is 0 Å². The Balaban J connectivity index is 1.92. The molecule has 0 aromatic heterocycles. The van der Waals surface area contributed by atoms with Crippen LogP contribution in [0.5, 0.6) is 0 Å². The fourth-order valence-corrected chi connectivity index (χ4v) is 2.43. The summed E-state index contributed by atoms with van der Waals surface area (Å²) >= 11 is 0. The molecule has 0 bridgehead atoms. The van der Waals surface area contributed by atoms with E-state index in [2.05, 4.69) is 29.3 Å². The predicted octanol–water partition coefficient (Wildman–Crippen LogP) is 3.48. The molecule has 2 heterocycles. The molecule has 0 N–H and O–H groups in total. The van der Waals surface area contributed by atoms with Crippen LogP contribution in [0.1, 0.15) is 44.9 Å². The van der Waals surface area contributed by atoms with Gasteiger partial charge in [-0.25, -0.2) is 0 Å². The first-order valence-corrected chi connectivity index (χ1v) is 6.07. The van der Waals surface area contributed by atoms with Crippen molar-refractivity contribution in [2.75, 3.05) is 6.54 Å². The SMILES string of the molecule is C1=CC2CCCCCCCCN2C=C1. The van der Waals surface area contributed by atoms with Gasteiger partial charge in [0.05, 0.1) is 0 Å². The molecular weight excluding hydrogens is 170 g/mol. The van der Waals surface area contributed by atoms with Crippen molar-refractivity contribution in [1.82, 2.24) is 4.90 Å². The molecule has 1 heteroatoms. The quantitative estimate of drug-likeness (QED) is 0.566. The van der Waals surface area contributed by atoms with Crippen LogP contribution in [0.25, 0.3) is 0 Å². The van der Waals surface area contributed by atoms with Gasteiger partial charge in [-0.3, -0.25) is 0 Å². The standard InChI is InChI=1S/C13H21N/c1-2-4-7-11-14-12-8-6-10-13(14)9-5-3-1/h6,8,10,12-13H,1-5,7,9,11H2. The molecule has 0 saturated carbocycles. The molecule has 1 fully saturated rings. The van der Waals surface area contributed by atoms with Gasteiger partial charge in [-0.05, 0) is 25.1 Å². The number of hydrogen-bond donors (Lipinski definition) is 0. The topological polar surface area (TPSA) is 3.24 Å². The molecule has 2 aliphatic heterocycles. The minimum absolute atomic E-state index is 0.693. The van der Waals surface area contributed by atoms with E-state index in [0.29, 0.717) is 6.04 Å². The zero-order chi connectivity index (χ0) is 9.64. The Labute approximate surface area is 87.5 Å². The summed E-state index contributed by atoms with van der Waals surface area (Å²) < 4.78 is 0. The first-order valence-electron chi connectivity index (χ1n) is 6.07. The van der Waals surface area contributed by atoms with Crippen LogP contribution in [0.2, 0.25) is 0 Å². The lowest BCUT2D eigenvalue weighted by Crippen LogP contribution is -2.31. The van der Waals surface area contributed by atoms with E-state index in [0.717, 1.165) is 0 Å². The zero-order valence-electron chi connectivity index (χ0n) is 8.99. The van der Waals surface area contributed by atoms with Gasteiger partial charge in [0.15, 0.2) is 0 Å². The van der Waals surface area contributed by atoms with Crippen molar-refractivity contribution >= 4 is 0 Å². The Kier molecular flexibility index (Phi) is 3.67. The summed E-state index contributed by atoms with van der Waals surface area (Å²) in [5.74, 6) is 0. The van der Waals surface area contributed by atoms with Crippen LogP contribution in [0, 0.1) is 0 Å². The Morgan fingerprint density at radius 3 is 2.57 bits per heavy atom. The highest BCUT2D eigenvalue weighted by atomic mass is 15.1. The summed E-state index contributed by atoms with van der Waals surface area (Å²) in [6.07, 6.45) is 18.9. The van der Waals surface area contributed by atoms with Crippen LogP contribution in [-0.2, 0) is 0 Å². The highest BCUT2D eigenvalue weighted by molar-refractivity contribution is 5.13. The number of hydrogen-bond acceptors (Lipinski definition) is 1. The minimum Gasteiger partial charge on any atom is -0.371 e. The lowest BCUT2D eigenvalue weighted by molar-refractivity contribution is 0.281. The molecular formula is C13H21N. The van der Waals surface area contributed by atoms with Crippen molar-refractivity contribution in [2.45, 2.75) is 51.0 Å². The van der Waals surface area contributed by atoms with E-state index in [1.165, 1.54) is 51.5 Å². The van der Waals surface area contributed by atoms with Gasteiger partial charge in [-0.15, -0.1) is 0 Å². The van der Waals surface area contributed by atoms with Gasteiger partial charge in [0.1, 0.15) is 0 Å². The largest absolute Gasteiger partial charge is 0.371 e. The lowest BCUT2D eigenvalue weighted by atomic mass is 10.0. The van der Waals surface area contributed by atoms with E-state index in [9.17, 15) is 0 Å². The van der Waals surface area contributed by atoms with E-state index >= 15 is 0 Å². The Morgan fingerprint density at radius 2 is 1.64 bits per heavy atom. The summed E-state index contributed by atoms with van der Waals surface area (Å²) in [5, 5.41) is 0. The summed E-state index contributed by atoms with van der Waals surface area (Å²) in [6, 6.07) is 0.693. The number of rotatable bonds is 0. The maximum absolute atomic E-state index is 2.52. The third kappa shape index (κ3) is 2.63. The zero-order valence-corrected chi connectivity index (χ0v) is 8.99. The first kappa shape index (κ1) is 9.82. The molecule has 2 rings (SSSR count).